The lowest BCUT2D eigenvalue weighted by molar-refractivity contribution is -0.115. The van der Waals surface area contributed by atoms with Gasteiger partial charge in [0.15, 0.2) is 5.16 Å². The molecule has 1 heterocycles. The summed E-state index contributed by atoms with van der Waals surface area (Å²) < 4.78 is 1.81. The minimum absolute atomic E-state index is 0.0760. The van der Waals surface area contributed by atoms with Crippen LogP contribution in [0.25, 0.3) is 0 Å². The molecule has 0 aliphatic carbocycles. The predicted octanol–water partition coefficient (Wildman–Crippen LogP) is 3.90. The summed E-state index contributed by atoms with van der Waals surface area (Å²) in [5, 5.41) is 11.3. The first-order valence-corrected chi connectivity index (χ1v) is 8.86. The van der Waals surface area contributed by atoms with E-state index in [2.05, 4.69) is 15.5 Å². The van der Waals surface area contributed by atoms with E-state index in [1.165, 1.54) is 11.8 Å². The van der Waals surface area contributed by atoms with Crippen molar-refractivity contribution in [3.8, 4) is 0 Å². The molecule has 1 atom stereocenters. The van der Waals surface area contributed by atoms with Crippen LogP contribution in [0.1, 0.15) is 21.9 Å². The van der Waals surface area contributed by atoms with Gasteiger partial charge in [0.05, 0.1) is 0 Å². The number of aryl methyl sites for hydroxylation is 3. The van der Waals surface area contributed by atoms with E-state index < -0.39 is 5.25 Å². The summed E-state index contributed by atoms with van der Waals surface area (Å²) in [4.78, 5) is 13.0. The first kappa shape index (κ1) is 17.2. The van der Waals surface area contributed by atoms with Crippen LogP contribution >= 0.6 is 11.8 Å². The fraction of sp³-hybridized carbons (Fsp3) is 0.211. The average molecular weight is 352 g/mol. The summed E-state index contributed by atoms with van der Waals surface area (Å²) in [7, 11) is 1.87. The maximum absolute atomic E-state index is 13.0. The smallest absolute Gasteiger partial charge is 0.242 e. The largest absolute Gasteiger partial charge is 0.325 e. The first-order chi connectivity index (χ1) is 12.0. The Balaban J connectivity index is 1.89. The zero-order valence-electron chi connectivity index (χ0n) is 14.4. The number of rotatable bonds is 5. The number of carbonyl (C=O) groups is 1. The SMILES string of the molecule is Cc1ccc(C)c(NC(=O)[C@@H](Sc2nncn2C)c2ccccc2)c1. The number of hydrogen-bond acceptors (Lipinski definition) is 4. The van der Waals surface area contributed by atoms with Gasteiger partial charge in [-0.05, 0) is 36.6 Å². The van der Waals surface area contributed by atoms with E-state index in [1.54, 1.807) is 6.33 Å². The highest BCUT2D eigenvalue weighted by Crippen LogP contribution is 2.35. The topological polar surface area (TPSA) is 59.8 Å². The van der Waals surface area contributed by atoms with Crippen molar-refractivity contribution in [2.45, 2.75) is 24.3 Å². The van der Waals surface area contributed by atoms with Gasteiger partial charge in [-0.1, -0.05) is 54.2 Å². The normalized spacial score (nSPS) is 12.0. The fourth-order valence-electron chi connectivity index (χ4n) is 2.45. The number of hydrogen-bond donors (Lipinski definition) is 1. The van der Waals surface area contributed by atoms with Gasteiger partial charge >= 0.3 is 0 Å². The Morgan fingerprint density at radius 3 is 2.60 bits per heavy atom. The van der Waals surface area contributed by atoms with E-state index in [1.807, 2.05) is 74.0 Å². The van der Waals surface area contributed by atoms with Gasteiger partial charge in [0.1, 0.15) is 11.6 Å². The molecule has 1 N–H and O–H groups in total. The van der Waals surface area contributed by atoms with Gasteiger partial charge < -0.3 is 9.88 Å². The number of nitrogens with zero attached hydrogens (tertiary/aromatic N) is 3. The lowest BCUT2D eigenvalue weighted by atomic mass is 10.1. The maximum Gasteiger partial charge on any atom is 0.242 e. The molecule has 3 aromatic rings. The van der Waals surface area contributed by atoms with Crippen LogP contribution in [0.2, 0.25) is 0 Å². The third kappa shape index (κ3) is 4.09. The zero-order valence-corrected chi connectivity index (χ0v) is 15.2. The lowest BCUT2D eigenvalue weighted by Gasteiger charge is -2.17. The highest BCUT2D eigenvalue weighted by molar-refractivity contribution is 8.00. The molecule has 25 heavy (non-hydrogen) atoms. The Morgan fingerprint density at radius 1 is 1.16 bits per heavy atom. The number of carbonyl (C=O) groups excluding carboxylic acids is 1. The molecule has 2 aromatic carbocycles. The molecule has 1 amide bonds. The number of nitrogens with one attached hydrogen (secondary N) is 1. The van der Waals surface area contributed by atoms with Gasteiger partial charge in [-0.2, -0.15) is 0 Å². The molecule has 0 radical (unpaired) electrons. The maximum atomic E-state index is 13.0. The van der Waals surface area contributed by atoms with Crippen molar-refractivity contribution < 1.29 is 4.79 Å². The second-order valence-electron chi connectivity index (χ2n) is 5.94. The molecule has 0 aliphatic heterocycles. The van der Waals surface area contributed by atoms with Crippen molar-refractivity contribution in [2.24, 2.45) is 7.05 Å². The third-order valence-corrected chi connectivity index (χ3v) is 5.19. The van der Waals surface area contributed by atoms with Crippen LogP contribution in [-0.4, -0.2) is 20.7 Å². The quantitative estimate of drug-likeness (QED) is 0.708. The van der Waals surface area contributed by atoms with Crippen LogP contribution < -0.4 is 5.32 Å². The zero-order chi connectivity index (χ0) is 17.8. The summed E-state index contributed by atoms with van der Waals surface area (Å²) in [6.45, 7) is 4.00. The minimum atomic E-state index is -0.413. The summed E-state index contributed by atoms with van der Waals surface area (Å²) >= 11 is 1.39. The summed E-state index contributed by atoms with van der Waals surface area (Å²) in [6.07, 6.45) is 1.63. The Kier molecular flexibility index (Phi) is 5.19. The highest BCUT2D eigenvalue weighted by atomic mass is 32.2. The molecule has 0 fully saturated rings. The van der Waals surface area contributed by atoms with Gasteiger partial charge in [-0.3, -0.25) is 4.79 Å². The number of thioether (sulfide) groups is 1. The molecule has 0 saturated carbocycles. The monoisotopic (exact) mass is 352 g/mol. The van der Waals surface area contributed by atoms with Crippen LogP contribution in [0.4, 0.5) is 5.69 Å². The number of anilines is 1. The predicted molar refractivity (Wildman–Crippen MR) is 101 cm³/mol. The van der Waals surface area contributed by atoms with Crippen LogP contribution in [0.15, 0.2) is 60.0 Å². The van der Waals surface area contributed by atoms with Crippen molar-refractivity contribution in [2.75, 3.05) is 5.32 Å². The number of amides is 1. The van der Waals surface area contributed by atoms with Gasteiger partial charge in [-0.15, -0.1) is 10.2 Å². The van der Waals surface area contributed by atoms with Gasteiger partial charge in [0, 0.05) is 12.7 Å². The second-order valence-corrected chi connectivity index (χ2v) is 7.01. The first-order valence-electron chi connectivity index (χ1n) is 7.98. The Hall–Kier alpha value is -2.60. The molecular weight excluding hydrogens is 332 g/mol. The molecule has 6 heteroatoms. The van der Waals surface area contributed by atoms with Gasteiger partial charge in [0.25, 0.3) is 0 Å². The molecule has 0 saturated heterocycles. The van der Waals surface area contributed by atoms with Crippen molar-refractivity contribution in [1.82, 2.24) is 14.8 Å². The van der Waals surface area contributed by atoms with Crippen LogP contribution in [0.3, 0.4) is 0 Å². The standard InChI is InChI=1S/C19H20N4OS/c1-13-9-10-14(2)16(11-13)21-18(24)17(15-7-5-4-6-8-15)25-19-22-20-12-23(19)3/h4-12,17H,1-3H3,(H,21,24)/t17-/m0/s1. The van der Waals surface area contributed by atoms with Gasteiger partial charge in [0.2, 0.25) is 5.91 Å². The molecule has 0 aliphatic rings. The van der Waals surface area contributed by atoms with Crippen molar-refractivity contribution >= 4 is 23.4 Å². The number of benzene rings is 2. The van der Waals surface area contributed by atoms with Crippen molar-refractivity contribution in [1.29, 1.82) is 0 Å². The molecular formula is C19H20N4OS. The molecule has 5 nitrogen and oxygen atoms in total. The Morgan fingerprint density at radius 2 is 1.92 bits per heavy atom. The lowest BCUT2D eigenvalue weighted by Crippen LogP contribution is -2.20. The Bertz CT molecular complexity index is 876. The van der Waals surface area contributed by atoms with E-state index >= 15 is 0 Å². The molecule has 0 bridgehead atoms. The summed E-state index contributed by atoms with van der Waals surface area (Å²) in [6, 6.07) is 15.8. The highest BCUT2D eigenvalue weighted by Gasteiger charge is 2.24. The molecule has 128 valence electrons. The third-order valence-electron chi connectivity index (χ3n) is 3.88. The van der Waals surface area contributed by atoms with Crippen molar-refractivity contribution in [3.63, 3.8) is 0 Å². The molecule has 0 spiro atoms. The Labute approximate surface area is 151 Å². The fourth-order valence-corrected chi connectivity index (χ4v) is 3.43. The number of aromatic nitrogens is 3. The molecule has 1 aromatic heterocycles. The van der Waals surface area contributed by atoms with E-state index in [9.17, 15) is 4.79 Å². The van der Waals surface area contributed by atoms with E-state index in [4.69, 9.17) is 0 Å². The van der Waals surface area contributed by atoms with E-state index in [0.717, 1.165) is 22.4 Å². The van der Waals surface area contributed by atoms with Crippen LogP contribution in [0, 0.1) is 13.8 Å². The van der Waals surface area contributed by atoms with Crippen molar-refractivity contribution in [3.05, 3.63) is 71.5 Å². The van der Waals surface area contributed by atoms with Crippen LogP contribution in [0.5, 0.6) is 0 Å². The summed E-state index contributed by atoms with van der Waals surface area (Å²) in [5.74, 6) is -0.0760. The van der Waals surface area contributed by atoms with E-state index in [0.29, 0.717) is 5.16 Å². The molecule has 0 unspecified atom stereocenters. The molecule has 3 rings (SSSR count). The minimum Gasteiger partial charge on any atom is -0.325 e. The summed E-state index contributed by atoms with van der Waals surface area (Å²) in [5.41, 5.74) is 3.91. The van der Waals surface area contributed by atoms with Gasteiger partial charge in [-0.25, -0.2) is 0 Å². The average Bonchev–Trinajstić information content (AvgIpc) is 3.01. The van der Waals surface area contributed by atoms with Crippen LogP contribution in [-0.2, 0) is 11.8 Å². The second kappa shape index (κ2) is 7.53. The van der Waals surface area contributed by atoms with E-state index in [-0.39, 0.29) is 5.91 Å².